The van der Waals surface area contributed by atoms with Gasteiger partial charge < -0.3 is 20.7 Å². The van der Waals surface area contributed by atoms with Crippen LogP contribution in [-0.2, 0) is 14.3 Å². The van der Waals surface area contributed by atoms with Crippen LogP contribution in [0.5, 0.6) is 0 Å². The largest absolute Gasteiger partial charge is 0.385 e. The number of rotatable bonds is 9. The molecule has 1 atom stereocenters. The van der Waals surface area contributed by atoms with E-state index in [1.807, 2.05) is 0 Å². The molecule has 0 rings (SSSR count). The van der Waals surface area contributed by atoms with E-state index in [-0.39, 0.29) is 36.2 Å². The highest BCUT2D eigenvalue weighted by atomic mass is 16.5. The minimum Gasteiger partial charge on any atom is -0.385 e. The Labute approximate surface area is 128 Å². The zero-order chi connectivity index (χ0) is 16.5. The van der Waals surface area contributed by atoms with E-state index in [9.17, 15) is 9.59 Å². The monoisotopic (exact) mass is 301 g/mol. The second kappa shape index (κ2) is 9.73. The number of carbonyl (C=O) groups is 2. The van der Waals surface area contributed by atoms with Gasteiger partial charge in [-0.05, 0) is 18.3 Å². The van der Waals surface area contributed by atoms with Crippen molar-refractivity contribution in [1.82, 2.24) is 10.2 Å². The Bertz CT molecular complexity index is 327. The number of nitrogens with one attached hydrogen (secondary N) is 1. The Kier molecular flexibility index (Phi) is 9.21. The molecular formula is C15H31N3O3. The van der Waals surface area contributed by atoms with Crippen LogP contribution in [0, 0.1) is 5.41 Å². The number of nitrogens with two attached hydrogens (primary N) is 1. The third-order valence-electron chi connectivity index (χ3n) is 2.97. The highest BCUT2D eigenvalue weighted by molar-refractivity contribution is 5.84. The molecule has 21 heavy (non-hydrogen) atoms. The Morgan fingerprint density at radius 3 is 2.48 bits per heavy atom. The second-order valence-corrected chi connectivity index (χ2v) is 6.68. The van der Waals surface area contributed by atoms with Crippen molar-refractivity contribution in [2.75, 3.05) is 33.9 Å². The minimum atomic E-state index is -0.176. The summed E-state index contributed by atoms with van der Waals surface area (Å²) in [6, 6.07) is -0.176. The molecule has 1 unspecified atom stereocenters. The zero-order valence-electron chi connectivity index (χ0n) is 14.1. The van der Waals surface area contributed by atoms with Gasteiger partial charge in [0.15, 0.2) is 0 Å². The molecule has 0 aromatic rings. The number of likely N-dealkylation sites (N-methyl/N-ethyl adjacent to an activating group) is 1. The molecule has 6 nitrogen and oxygen atoms in total. The van der Waals surface area contributed by atoms with Crippen molar-refractivity contribution in [1.29, 1.82) is 0 Å². The Balaban J connectivity index is 4.01. The summed E-state index contributed by atoms with van der Waals surface area (Å²) >= 11 is 0. The van der Waals surface area contributed by atoms with Gasteiger partial charge in [-0.25, -0.2) is 0 Å². The average molecular weight is 301 g/mol. The summed E-state index contributed by atoms with van der Waals surface area (Å²) in [5.74, 6) is -0.259. The fraction of sp³-hybridized carbons (Fsp3) is 0.867. The molecule has 0 saturated carbocycles. The van der Waals surface area contributed by atoms with Crippen molar-refractivity contribution >= 4 is 11.8 Å². The van der Waals surface area contributed by atoms with Gasteiger partial charge in [0.2, 0.25) is 11.8 Å². The molecule has 0 aliphatic heterocycles. The van der Waals surface area contributed by atoms with E-state index in [1.165, 1.54) is 4.90 Å². The highest BCUT2D eigenvalue weighted by Crippen LogP contribution is 2.21. The molecule has 0 fully saturated rings. The van der Waals surface area contributed by atoms with Crippen molar-refractivity contribution in [3.8, 4) is 0 Å². The first-order valence-electron chi connectivity index (χ1n) is 7.41. The van der Waals surface area contributed by atoms with Crippen molar-refractivity contribution in [2.24, 2.45) is 11.1 Å². The van der Waals surface area contributed by atoms with Crippen LogP contribution >= 0.6 is 0 Å². The number of hydrogen-bond acceptors (Lipinski definition) is 4. The topological polar surface area (TPSA) is 84.7 Å². The van der Waals surface area contributed by atoms with Crippen LogP contribution in [0.25, 0.3) is 0 Å². The Morgan fingerprint density at radius 1 is 1.33 bits per heavy atom. The predicted octanol–water partition coefficient (Wildman–Crippen LogP) is 0.751. The van der Waals surface area contributed by atoms with Crippen LogP contribution in [0.1, 0.15) is 40.0 Å². The summed E-state index contributed by atoms with van der Waals surface area (Å²) in [5, 5.41) is 2.75. The quantitative estimate of drug-likeness (QED) is 0.616. The van der Waals surface area contributed by atoms with Gasteiger partial charge in [0.05, 0.1) is 6.54 Å². The summed E-state index contributed by atoms with van der Waals surface area (Å²) in [7, 11) is 3.25. The van der Waals surface area contributed by atoms with Crippen LogP contribution in [0.2, 0.25) is 0 Å². The maximum atomic E-state index is 12.0. The first kappa shape index (κ1) is 19.9. The molecule has 0 radical (unpaired) electrons. The smallest absolute Gasteiger partial charge is 0.239 e. The molecular weight excluding hydrogens is 270 g/mol. The van der Waals surface area contributed by atoms with E-state index in [1.54, 1.807) is 14.2 Å². The van der Waals surface area contributed by atoms with E-state index in [4.69, 9.17) is 10.5 Å². The summed E-state index contributed by atoms with van der Waals surface area (Å²) in [4.78, 5) is 25.1. The van der Waals surface area contributed by atoms with E-state index < -0.39 is 0 Å². The number of ether oxygens (including phenoxy) is 1. The van der Waals surface area contributed by atoms with Gasteiger partial charge in [0.1, 0.15) is 0 Å². The Morgan fingerprint density at radius 2 is 1.95 bits per heavy atom. The molecule has 0 aliphatic rings. The SMILES string of the molecule is COCCCNC(=O)CN(C)C(=O)CC(N)CC(C)(C)C. The van der Waals surface area contributed by atoms with Crippen LogP contribution in [0.4, 0.5) is 0 Å². The molecule has 0 spiro atoms. The lowest BCUT2D eigenvalue weighted by Gasteiger charge is -2.24. The van der Waals surface area contributed by atoms with Gasteiger partial charge >= 0.3 is 0 Å². The van der Waals surface area contributed by atoms with Gasteiger partial charge in [-0.2, -0.15) is 0 Å². The lowest BCUT2D eigenvalue weighted by atomic mass is 9.87. The van der Waals surface area contributed by atoms with Crippen molar-refractivity contribution < 1.29 is 14.3 Å². The fourth-order valence-electron chi connectivity index (χ4n) is 2.04. The van der Waals surface area contributed by atoms with Crippen LogP contribution in [0.3, 0.4) is 0 Å². The number of carbonyl (C=O) groups excluding carboxylic acids is 2. The van der Waals surface area contributed by atoms with Crippen LogP contribution in [-0.4, -0.2) is 56.6 Å². The van der Waals surface area contributed by atoms with Gasteiger partial charge in [-0.3, -0.25) is 9.59 Å². The van der Waals surface area contributed by atoms with Crippen molar-refractivity contribution in [3.63, 3.8) is 0 Å². The molecule has 0 bridgehead atoms. The maximum Gasteiger partial charge on any atom is 0.239 e. The molecule has 0 heterocycles. The minimum absolute atomic E-state index is 0.0635. The van der Waals surface area contributed by atoms with Crippen LogP contribution < -0.4 is 11.1 Å². The molecule has 0 saturated heterocycles. The molecule has 2 amide bonds. The zero-order valence-corrected chi connectivity index (χ0v) is 14.1. The lowest BCUT2D eigenvalue weighted by Crippen LogP contribution is -2.41. The van der Waals surface area contributed by atoms with E-state index in [0.717, 1.165) is 12.8 Å². The summed E-state index contributed by atoms with van der Waals surface area (Å²) in [6.07, 6.45) is 1.80. The van der Waals surface area contributed by atoms with E-state index in [2.05, 4.69) is 26.1 Å². The standard InChI is InChI=1S/C15H31N3O3/c1-15(2,3)10-12(16)9-14(20)18(4)11-13(19)17-7-6-8-21-5/h12H,6-11,16H2,1-5H3,(H,17,19). The van der Waals surface area contributed by atoms with Gasteiger partial charge in [-0.15, -0.1) is 0 Å². The number of hydrogen-bond donors (Lipinski definition) is 2. The normalized spacial score (nSPS) is 12.9. The van der Waals surface area contributed by atoms with Gasteiger partial charge in [0.25, 0.3) is 0 Å². The third-order valence-corrected chi connectivity index (χ3v) is 2.97. The molecule has 6 heteroatoms. The first-order valence-corrected chi connectivity index (χ1v) is 7.41. The lowest BCUT2D eigenvalue weighted by molar-refractivity contribution is -0.135. The summed E-state index contributed by atoms with van der Waals surface area (Å²) in [6.45, 7) is 7.50. The molecule has 3 N–H and O–H groups in total. The first-order chi connectivity index (χ1) is 9.65. The average Bonchev–Trinajstić information content (AvgIpc) is 2.32. The molecule has 0 aromatic carbocycles. The fourth-order valence-corrected chi connectivity index (χ4v) is 2.04. The molecule has 0 aromatic heterocycles. The number of methoxy groups -OCH3 is 1. The van der Waals surface area contributed by atoms with E-state index in [0.29, 0.717) is 13.2 Å². The number of amides is 2. The predicted molar refractivity (Wildman–Crippen MR) is 83.8 cm³/mol. The van der Waals surface area contributed by atoms with E-state index >= 15 is 0 Å². The maximum absolute atomic E-state index is 12.0. The highest BCUT2D eigenvalue weighted by Gasteiger charge is 2.20. The summed E-state index contributed by atoms with van der Waals surface area (Å²) in [5.41, 5.74) is 6.08. The van der Waals surface area contributed by atoms with Gasteiger partial charge in [-0.1, -0.05) is 20.8 Å². The summed E-state index contributed by atoms with van der Waals surface area (Å²) < 4.78 is 4.90. The molecule has 124 valence electrons. The third kappa shape index (κ3) is 11.2. The Hall–Kier alpha value is -1.14. The van der Waals surface area contributed by atoms with Gasteiger partial charge in [0, 0.05) is 39.8 Å². The molecule has 0 aliphatic carbocycles. The second-order valence-electron chi connectivity index (χ2n) is 6.68. The number of nitrogens with zero attached hydrogens (tertiary/aromatic N) is 1. The van der Waals surface area contributed by atoms with Crippen molar-refractivity contribution in [2.45, 2.75) is 46.1 Å². The van der Waals surface area contributed by atoms with Crippen LogP contribution in [0.15, 0.2) is 0 Å². The van der Waals surface area contributed by atoms with Crippen molar-refractivity contribution in [3.05, 3.63) is 0 Å².